The molecule has 2 aromatic heterocycles. The minimum atomic E-state index is -0.727. The van der Waals surface area contributed by atoms with Crippen LogP contribution in [0, 0.1) is 11.8 Å². The number of ether oxygens (including phenoxy) is 2. The first-order chi connectivity index (χ1) is 26.0. The van der Waals surface area contributed by atoms with Crippen LogP contribution in [-0.4, -0.2) is 99.8 Å². The molecule has 2 fully saturated rings. The van der Waals surface area contributed by atoms with Crippen molar-refractivity contribution in [3.63, 3.8) is 0 Å². The predicted octanol–water partition coefficient (Wildman–Crippen LogP) is 4.99. The first-order valence-corrected chi connectivity index (χ1v) is 18.3. The molecule has 4 aromatic rings. The summed E-state index contributed by atoms with van der Waals surface area (Å²) in [7, 11) is 2.56. The third kappa shape index (κ3) is 8.10. The molecule has 0 radical (unpaired) electrons. The fourth-order valence-corrected chi connectivity index (χ4v) is 7.08. The zero-order valence-corrected chi connectivity index (χ0v) is 31.5. The maximum absolute atomic E-state index is 13.5. The van der Waals surface area contributed by atoms with Crippen LogP contribution in [0.1, 0.15) is 64.3 Å². The number of alkyl carbamates (subject to hydrolysis) is 2. The number of rotatable bonds is 11. The monoisotopic (exact) mass is 739 g/mol. The molecule has 4 atom stereocenters. The highest BCUT2D eigenvalue weighted by Crippen LogP contribution is 2.34. The van der Waals surface area contributed by atoms with Crippen molar-refractivity contribution in [3.8, 4) is 33.6 Å². The van der Waals surface area contributed by atoms with Crippen LogP contribution in [0.5, 0.6) is 0 Å². The SMILES string of the molecule is COC(=O)NC(C(=O)N1CCC[C@H]1c1ncc(-c2ccc(-c3ccc(-c4cnc([C@@H]5CNCN5C(=O)[C@@H](NC(=O)OC)C(C)C)[nH]4)cc3)cc2)[nH]1)C(C)C. The Balaban J connectivity index is 1.11. The van der Waals surface area contributed by atoms with Gasteiger partial charge in [0.15, 0.2) is 0 Å². The molecule has 54 heavy (non-hydrogen) atoms. The second kappa shape index (κ2) is 16.5. The molecule has 0 aliphatic carbocycles. The highest BCUT2D eigenvalue weighted by Gasteiger charge is 2.39. The first-order valence-electron chi connectivity index (χ1n) is 18.3. The van der Waals surface area contributed by atoms with E-state index in [-0.39, 0.29) is 35.7 Å². The fourth-order valence-electron chi connectivity index (χ4n) is 7.08. The van der Waals surface area contributed by atoms with Crippen molar-refractivity contribution in [2.24, 2.45) is 11.8 Å². The van der Waals surface area contributed by atoms with Crippen molar-refractivity contribution >= 4 is 24.0 Å². The lowest BCUT2D eigenvalue weighted by atomic mass is 10.0. The number of carbonyl (C=O) groups excluding carboxylic acids is 4. The number of benzene rings is 2. The Hall–Kier alpha value is -5.70. The Morgan fingerprint density at radius 1 is 0.685 bits per heavy atom. The van der Waals surface area contributed by atoms with Gasteiger partial charge in [0.05, 0.1) is 50.7 Å². The maximum atomic E-state index is 13.5. The number of aromatic amines is 2. The van der Waals surface area contributed by atoms with Gasteiger partial charge in [0.25, 0.3) is 0 Å². The molecule has 2 aliphatic rings. The Morgan fingerprint density at radius 2 is 1.13 bits per heavy atom. The molecule has 0 saturated carbocycles. The summed E-state index contributed by atoms with van der Waals surface area (Å²) in [5.74, 6) is 0.795. The van der Waals surface area contributed by atoms with Gasteiger partial charge in [-0.25, -0.2) is 19.6 Å². The minimum absolute atomic E-state index is 0.106. The number of amides is 4. The number of methoxy groups -OCH3 is 2. The van der Waals surface area contributed by atoms with Crippen LogP contribution in [-0.2, 0) is 19.1 Å². The van der Waals surface area contributed by atoms with E-state index in [2.05, 4.69) is 60.2 Å². The number of aromatic nitrogens is 4. The number of nitrogens with zero attached hydrogens (tertiary/aromatic N) is 4. The maximum Gasteiger partial charge on any atom is 0.407 e. The number of hydrogen-bond acceptors (Lipinski definition) is 9. The quantitative estimate of drug-likeness (QED) is 0.141. The number of nitrogens with one attached hydrogen (secondary N) is 5. The first kappa shape index (κ1) is 38.0. The lowest BCUT2D eigenvalue weighted by molar-refractivity contribution is -0.136. The fraction of sp³-hybridized carbons (Fsp3) is 0.436. The third-order valence-electron chi connectivity index (χ3n) is 10.1. The second-order valence-electron chi connectivity index (χ2n) is 14.4. The molecule has 0 bridgehead atoms. The van der Waals surface area contributed by atoms with Crippen LogP contribution in [0.2, 0.25) is 0 Å². The van der Waals surface area contributed by atoms with Gasteiger partial charge in [-0.05, 0) is 46.9 Å². The van der Waals surface area contributed by atoms with Gasteiger partial charge in [-0.1, -0.05) is 76.2 Å². The minimum Gasteiger partial charge on any atom is -0.453 e. The summed E-state index contributed by atoms with van der Waals surface area (Å²) in [4.78, 5) is 70.5. The molecule has 2 saturated heterocycles. The van der Waals surface area contributed by atoms with E-state index < -0.39 is 24.3 Å². The predicted molar refractivity (Wildman–Crippen MR) is 202 cm³/mol. The summed E-state index contributed by atoms with van der Waals surface area (Å²) >= 11 is 0. The molecule has 15 heteroatoms. The number of carbonyl (C=O) groups is 4. The molecule has 1 unspecified atom stereocenters. The summed E-state index contributed by atoms with van der Waals surface area (Å²) in [6.45, 7) is 9.02. The molecular formula is C39H49N9O6. The van der Waals surface area contributed by atoms with E-state index in [0.717, 1.165) is 52.3 Å². The normalized spacial score (nSPS) is 18.1. The molecule has 15 nitrogen and oxygen atoms in total. The summed E-state index contributed by atoms with van der Waals surface area (Å²) in [6, 6.07) is 14.5. The van der Waals surface area contributed by atoms with E-state index in [4.69, 9.17) is 9.47 Å². The van der Waals surface area contributed by atoms with Crippen LogP contribution in [0.3, 0.4) is 0 Å². The molecule has 2 aliphatic heterocycles. The Morgan fingerprint density at radius 3 is 1.59 bits per heavy atom. The van der Waals surface area contributed by atoms with E-state index in [1.54, 1.807) is 22.2 Å². The van der Waals surface area contributed by atoms with Crippen LogP contribution >= 0.6 is 0 Å². The molecule has 6 rings (SSSR count). The Bertz CT molecular complexity index is 1800. The van der Waals surface area contributed by atoms with Gasteiger partial charge in [0, 0.05) is 13.1 Å². The third-order valence-corrected chi connectivity index (χ3v) is 10.1. The smallest absolute Gasteiger partial charge is 0.407 e. The molecule has 5 N–H and O–H groups in total. The van der Waals surface area contributed by atoms with Crippen molar-refractivity contribution in [2.75, 3.05) is 34.0 Å². The van der Waals surface area contributed by atoms with Crippen molar-refractivity contribution in [1.82, 2.24) is 45.7 Å². The second-order valence-corrected chi connectivity index (χ2v) is 14.4. The van der Waals surface area contributed by atoms with Gasteiger partial charge in [-0.2, -0.15) is 0 Å². The average molecular weight is 740 g/mol. The highest BCUT2D eigenvalue weighted by molar-refractivity contribution is 5.87. The number of H-pyrrole nitrogens is 2. The van der Waals surface area contributed by atoms with E-state index in [9.17, 15) is 19.2 Å². The zero-order chi connectivity index (χ0) is 38.5. The zero-order valence-electron chi connectivity index (χ0n) is 31.5. The van der Waals surface area contributed by atoms with Crippen LogP contribution in [0.4, 0.5) is 9.59 Å². The van der Waals surface area contributed by atoms with Crippen LogP contribution in [0.15, 0.2) is 60.9 Å². The van der Waals surface area contributed by atoms with Crippen molar-refractivity contribution < 1.29 is 28.7 Å². The summed E-state index contributed by atoms with van der Waals surface area (Å²) in [6.07, 6.45) is 3.92. The van der Waals surface area contributed by atoms with Gasteiger partial charge in [-0.15, -0.1) is 0 Å². The summed E-state index contributed by atoms with van der Waals surface area (Å²) in [5, 5.41) is 8.61. The van der Waals surface area contributed by atoms with Crippen molar-refractivity contribution in [2.45, 2.75) is 64.7 Å². The summed E-state index contributed by atoms with van der Waals surface area (Å²) in [5.41, 5.74) is 5.70. The van der Waals surface area contributed by atoms with Gasteiger partial charge < -0.3 is 39.9 Å². The van der Waals surface area contributed by atoms with Crippen LogP contribution in [0.25, 0.3) is 33.6 Å². The standard InChI is InChI=1S/C39H49N9O6/c1-22(2)32(45-38(51)53-5)36(49)47-17-7-8-30(47)34-41-18-28(43-34)26-13-9-24(10-14-26)25-11-15-27(16-12-25)29-19-42-35(44-29)31-20-40-21-48(31)37(50)33(23(3)4)46-39(52)54-6/h9-16,18-19,22-23,30-33,40H,7-8,17,20-21H2,1-6H3,(H,41,43)(H,42,44)(H,45,51)(H,46,52)/t30-,31-,32?,33-/m0/s1. The molecular weight excluding hydrogens is 690 g/mol. The number of likely N-dealkylation sites (tertiary alicyclic amines) is 1. The molecule has 286 valence electrons. The lowest BCUT2D eigenvalue weighted by Crippen LogP contribution is -2.51. The largest absolute Gasteiger partial charge is 0.453 e. The summed E-state index contributed by atoms with van der Waals surface area (Å²) < 4.78 is 9.48. The van der Waals surface area contributed by atoms with E-state index in [1.165, 1.54) is 14.2 Å². The average Bonchev–Trinajstić information content (AvgIpc) is 4.02. The van der Waals surface area contributed by atoms with E-state index in [0.29, 0.717) is 25.6 Å². The molecule has 2 aromatic carbocycles. The molecule has 4 amide bonds. The number of imidazole rings is 2. The van der Waals surface area contributed by atoms with E-state index in [1.807, 2.05) is 52.0 Å². The van der Waals surface area contributed by atoms with Crippen molar-refractivity contribution in [1.29, 1.82) is 0 Å². The lowest BCUT2D eigenvalue weighted by Gasteiger charge is -2.30. The Kier molecular flexibility index (Phi) is 11.6. The van der Waals surface area contributed by atoms with Crippen molar-refractivity contribution in [3.05, 3.63) is 72.6 Å². The van der Waals surface area contributed by atoms with Gasteiger partial charge >= 0.3 is 12.2 Å². The number of hydrogen-bond donors (Lipinski definition) is 5. The van der Waals surface area contributed by atoms with Gasteiger partial charge in [0.1, 0.15) is 29.8 Å². The Labute approximate surface area is 314 Å². The highest BCUT2D eigenvalue weighted by atomic mass is 16.5. The van der Waals surface area contributed by atoms with Gasteiger partial charge in [0.2, 0.25) is 11.8 Å². The van der Waals surface area contributed by atoms with Gasteiger partial charge in [-0.3, -0.25) is 14.9 Å². The topological polar surface area (TPSA) is 187 Å². The molecule has 4 heterocycles. The van der Waals surface area contributed by atoms with E-state index >= 15 is 0 Å². The van der Waals surface area contributed by atoms with Crippen LogP contribution < -0.4 is 16.0 Å². The molecule has 0 spiro atoms.